The lowest BCUT2D eigenvalue weighted by Crippen LogP contribution is -2.28. The second kappa shape index (κ2) is 8.25. The van der Waals surface area contributed by atoms with E-state index < -0.39 is 17.8 Å². The number of carbonyl (C=O) groups is 3. The zero-order chi connectivity index (χ0) is 19.3. The summed E-state index contributed by atoms with van der Waals surface area (Å²) in [4.78, 5) is 35.9. The number of aromatic nitrogens is 4. The number of carboxylic acid groups (broad SMARTS) is 1. The third-order valence-corrected chi connectivity index (χ3v) is 3.42. The van der Waals surface area contributed by atoms with E-state index in [9.17, 15) is 14.4 Å². The highest BCUT2D eigenvalue weighted by Gasteiger charge is 2.24. The Bertz CT molecular complexity index is 825. The van der Waals surface area contributed by atoms with Crippen LogP contribution < -0.4 is 10.6 Å². The van der Waals surface area contributed by atoms with Crippen LogP contribution in [0.2, 0.25) is 0 Å². The van der Waals surface area contributed by atoms with Crippen LogP contribution in [0.25, 0.3) is 0 Å². The van der Waals surface area contributed by atoms with E-state index >= 15 is 0 Å². The maximum absolute atomic E-state index is 12.5. The number of hydrogen-bond acceptors (Lipinski definition) is 6. The van der Waals surface area contributed by atoms with Gasteiger partial charge in [-0.15, -0.1) is 0 Å². The zero-order valence-electron chi connectivity index (χ0n) is 14.6. The van der Waals surface area contributed by atoms with Crippen molar-refractivity contribution in [1.29, 1.82) is 0 Å². The molecule has 11 heteroatoms. The van der Waals surface area contributed by atoms with Crippen molar-refractivity contribution in [3.8, 4) is 0 Å². The van der Waals surface area contributed by atoms with Gasteiger partial charge in [-0.25, -0.2) is 4.79 Å². The molecule has 26 heavy (non-hydrogen) atoms. The standard InChI is InChI=1S/C15H20N6O5/c1-4-21-8-10(12(19-21)14(23)16-5-6-26-3)17-13(22)9-7-20(2)18-11(9)15(24)25/h7-8H,4-6H2,1-3H3,(H,16,23)(H,17,22)(H,24,25). The summed E-state index contributed by atoms with van der Waals surface area (Å²) >= 11 is 0. The molecule has 2 heterocycles. The molecule has 0 saturated heterocycles. The van der Waals surface area contributed by atoms with Crippen LogP contribution in [0.3, 0.4) is 0 Å². The summed E-state index contributed by atoms with van der Waals surface area (Å²) in [6.07, 6.45) is 2.79. The van der Waals surface area contributed by atoms with Crippen molar-refractivity contribution >= 4 is 23.5 Å². The van der Waals surface area contributed by atoms with E-state index in [1.165, 1.54) is 35.9 Å². The minimum absolute atomic E-state index is 0.0251. The summed E-state index contributed by atoms with van der Waals surface area (Å²) in [6.45, 7) is 2.93. The molecule has 0 fully saturated rings. The average Bonchev–Trinajstić information content (AvgIpc) is 3.18. The number of amides is 2. The molecule has 2 rings (SSSR count). The molecule has 2 amide bonds. The monoisotopic (exact) mass is 364 g/mol. The Kier molecular flexibility index (Phi) is 6.07. The summed E-state index contributed by atoms with van der Waals surface area (Å²) in [6, 6.07) is 0. The number of carbonyl (C=O) groups excluding carboxylic acids is 2. The first-order valence-corrected chi connectivity index (χ1v) is 7.80. The third-order valence-electron chi connectivity index (χ3n) is 3.42. The van der Waals surface area contributed by atoms with Crippen molar-refractivity contribution in [2.75, 3.05) is 25.6 Å². The number of anilines is 1. The number of nitrogens with one attached hydrogen (secondary N) is 2. The van der Waals surface area contributed by atoms with Gasteiger partial charge in [-0.2, -0.15) is 10.2 Å². The molecular formula is C15H20N6O5. The lowest BCUT2D eigenvalue weighted by molar-refractivity contribution is 0.0685. The van der Waals surface area contributed by atoms with Crippen molar-refractivity contribution in [2.45, 2.75) is 13.5 Å². The lowest BCUT2D eigenvalue weighted by atomic mass is 10.2. The summed E-state index contributed by atoms with van der Waals surface area (Å²) in [7, 11) is 3.02. The summed E-state index contributed by atoms with van der Waals surface area (Å²) < 4.78 is 7.59. The Morgan fingerprint density at radius 1 is 1.19 bits per heavy atom. The molecule has 3 N–H and O–H groups in total. The van der Waals surface area contributed by atoms with Crippen molar-refractivity contribution < 1.29 is 24.2 Å². The molecule has 0 radical (unpaired) electrons. The molecule has 2 aromatic heterocycles. The van der Waals surface area contributed by atoms with Crippen LogP contribution in [0.4, 0.5) is 5.69 Å². The molecule has 0 aliphatic rings. The number of carboxylic acids is 1. The van der Waals surface area contributed by atoms with Crippen LogP contribution in [-0.4, -0.2) is 62.7 Å². The Balaban J connectivity index is 2.25. The summed E-state index contributed by atoms with van der Waals surface area (Å²) in [5, 5.41) is 22.2. The Labute approximate surface area is 148 Å². The molecule has 0 atom stereocenters. The molecule has 0 aliphatic carbocycles. The van der Waals surface area contributed by atoms with Crippen molar-refractivity contribution in [3.05, 3.63) is 29.3 Å². The van der Waals surface area contributed by atoms with Gasteiger partial charge in [-0.3, -0.25) is 19.0 Å². The fourth-order valence-electron chi connectivity index (χ4n) is 2.20. The predicted octanol–water partition coefficient (Wildman–Crippen LogP) is -0.0368. The first kappa shape index (κ1) is 19.1. The zero-order valence-corrected chi connectivity index (χ0v) is 14.6. The van der Waals surface area contributed by atoms with Crippen LogP contribution in [0.1, 0.15) is 38.3 Å². The Hall–Kier alpha value is -3.21. The normalized spacial score (nSPS) is 10.6. The summed E-state index contributed by atoms with van der Waals surface area (Å²) in [5.74, 6) is -2.50. The smallest absolute Gasteiger partial charge is 0.357 e. The van der Waals surface area contributed by atoms with Crippen LogP contribution in [0, 0.1) is 0 Å². The van der Waals surface area contributed by atoms with Gasteiger partial charge in [0.15, 0.2) is 11.4 Å². The van der Waals surface area contributed by atoms with Crippen molar-refractivity contribution in [1.82, 2.24) is 24.9 Å². The predicted molar refractivity (Wildman–Crippen MR) is 90.2 cm³/mol. The number of aryl methyl sites for hydroxylation is 2. The maximum Gasteiger partial charge on any atom is 0.357 e. The Morgan fingerprint density at radius 3 is 2.54 bits per heavy atom. The molecular weight excluding hydrogens is 344 g/mol. The van der Waals surface area contributed by atoms with Gasteiger partial charge in [-0.05, 0) is 6.92 Å². The van der Waals surface area contributed by atoms with Crippen LogP contribution in [0.5, 0.6) is 0 Å². The highest BCUT2D eigenvalue weighted by Crippen LogP contribution is 2.17. The van der Waals surface area contributed by atoms with Crippen LogP contribution in [0.15, 0.2) is 12.4 Å². The minimum atomic E-state index is -1.32. The molecule has 0 spiro atoms. The SMILES string of the molecule is CCn1cc(NC(=O)c2cn(C)nc2C(=O)O)c(C(=O)NCCOC)n1. The van der Waals surface area contributed by atoms with E-state index in [2.05, 4.69) is 20.8 Å². The number of methoxy groups -OCH3 is 1. The first-order valence-electron chi connectivity index (χ1n) is 7.80. The first-order chi connectivity index (χ1) is 12.4. The van der Waals surface area contributed by atoms with E-state index in [-0.39, 0.29) is 29.2 Å². The van der Waals surface area contributed by atoms with Crippen molar-refractivity contribution in [2.24, 2.45) is 7.05 Å². The third kappa shape index (κ3) is 4.25. The quantitative estimate of drug-likeness (QED) is 0.558. The molecule has 0 saturated carbocycles. The van der Waals surface area contributed by atoms with Gasteiger partial charge in [0.2, 0.25) is 0 Å². The van der Waals surface area contributed by atoms with Gasteiger partial charge in [0.05, 0.1) is 17.9 Å². The molecule has 0 aliphatic heterocycles. The van der Waals surface area contributed by atoms with Crippen molar-refractivity contribution in [3.63, 3.8) is 0 Å². The van der Waals surface area contributed by atoms with E-state index in [0.29, 0.717) is 13.2 Å². The highest BCUT2D eigenvalue weighted by molar-refractivity contribution is 6.11. The molecule has 0 aromatic carbocycles. The van der Waals surface area contributed by atoms with E-state index in [4.69, 9.17) is 9.84 Å². The summed E-state index contributed by atoms with van der Waals surface area (Å²) in [5.41, 5.74) is -0.294. The van der Waals surface area contributed by atoms with Gasteiger partial charge in [-0.1, -0.05) is 0 Å². The highest BCUT2D eigenvalue weighted by atomic mass is 16.5. The number of hydrogen-bond donors (Lipinski definition) is 3. The number of ether oxygens (including phenoxy) is 1. The number of rotatable bonds is 8. The second-order valence-corrected chi connectivity index (χ2v) is 5.32. The van der Waals surface area contributed by atoms with E-state index in [1.54, 1.807) is 0 Å². The largest absolute Gasteiger partial charge is 0.476 e. The molecule has 0 unspecified atom stereocenters. The van der Waals surface area contributed by atoms with Gasteiger partial charge in [0, 0.05) is 39.6 Å². The average molecular weight is 364 g/mol. The lowest BCUT2D eigenvalue weighted by Gasteiger charge is -2.05. The fraction of sp³-hybridized carbons (Fsp3) is 0.400. The van der Waals surface area contributed by atoms with E-state index in [0.717, 1.165) is 0 Å². The fourth-order valence-corrected chi connectivity index (χ4v) is 2.20. The molecule has 0 bridgehead atoms. The molecule has 2 aromatic rings. The number of aromatic carboxylic acids is 1. The second-order valence-electron chi connectivity index (χ2n) is 5.32. The Morgan fingerprint density at radius 2 is 1.92 bits per heavy atom. The number of nitrogens with zero attached hydrogens (tertiary/aromatic N) is 4. The van der Waals surface area contributed by atoms with Gasteiger partial charge in [0.25, 0.3) is 11.8 Å². The molecule has 140 valence electrons. The maximum atomic E-state index is 12.5. The van der Waals surface area contributed by atoms with Crippen LogP contribution >= 0.6 is 0 Å². The van der Waals surface area contributed by atoms with Gasteiger partial charge >= 0.3 is 5.97 Å². The topological polar surface area (TPSA) is 140 Å². The van der Waals surface area contributed by atoms with Gasteiger partial charge < -0.3 is 20.5 Å². The van der Waals surface area contributed by atoms with Crippen LogP contribution in [-0.2, 0) is 18.3 Å². The van der Waals surface area contributed by atoms with Gasteiger partial charge in [0.1, 0.15) is 0 Å². The molecule has 11 nitrogen and oxygen atoms in total. The minimum Gasteiger partial charge on any atom is -0.476 e. The van der Waals surface area contributed by atoms with E-state index in [1.807, 2.05) is 6.92 Å².